The Bertz CT molecular complexity index is 1450. The Balaban J connectivity index is 1.34. The highest BCUT2D eigenvalue weighted by atomic mass is 16.5. The van der Waals surface area contributed by atoms with Crippen molar-refractivity contribution < 1.29 is 24.5 Å². The molecule has 226 valence electrons. The second-order valence-corrected chi connectivity index (χ2v) is 10.7. The maximum atomic E-state index is 12.1. The molecule has 0 amide bonds. The molecule has 0 unspecified atom stereocenters. The first-order valence-corrected chi connectivity index (χ1v) is 14.3. The molecule has 5 N–H and O–H groups in total. The van der Waals surface area contributed by atoms with Crippen molar-refractivity contribution in [2.24, 2.45) is 4.99 Å². The van der Waals surface area contributed by atoms with Crippen molar-refractivity contribution in [1.82, 2.24) is 15.5 Å². The maximum absolute atomic E-state index is 12.1. The van der Waals surface area contributed by atoms with Gasteiger partial charge >= 0.3 is 11.9 Å². The number of dihydropyridines is 1. The van der Waals surface area contributed by atoms with E-state index in [0.29, 0.717) is 35.1 Å². The molecule has 0 radical (unpaired) electrons. The van der Waals surface area contributed by atoms with E-state index in [-0.39, 0.29) is 17.1 Å². The van der Waals surface area contributed by atoms with Crippen LogP contribution in [-0.2, 0) is 9.59 Å². The van der Waals surface area contributed by atoms with Crippen LogP contribution in [0.2, 0.25) is 0 Å². The van der Waals surface area contributed by atoms with Gasteiger partial charge in [-0.05, 0) is 94.1 Å². The minimum Gasteiger partial charge on any atom is -0.497 e. The SMILES string of the molecule is COc1cccc(C2CCN(CCCN/C(=N\C#N)Nc3cccc(C4C(C(=O)O)=C(C)NC(C)=C4C(=O)O)c3)CC2)c1. The number of carboxylic acids is 2. The molecular weight excluding hydrogens is 548 g/mol. The molecule has 0 bridgehead atoms. The number of nitriles is 1. The normalized spacial score (nSPS) is 16.8. The van der Waals surface area contributed by atoms with Gasteiger partial charge in [-0.2, -0.15) is 5.26 Å². The van der Waals surface area contributed by atoms with Gasteiger partial charge in [0.2, 0.25) is 12.2 Å². The zero-order valence-corrected chi connectivity index (χ0v) is 24.7. The van der Waals surface area contributed by atoms with Crippen molar-refractivity contribution >= 4 is 23.6 Å². The minimum absolute atomic E-state index is 0.0308. The Morgan fingerprint density at radius 3 is 2.33 bits per heavy atom. The smallest absolute Gasteiger partial charge is 0.334 e. The van der Waals surface area contributed by atoms with Crippen molar-refractivity contribution in [1.29, 1.82) is 5.26 Å². The van der Waals surface area contributed by atoms with Gasteiger partial charge < -0.3 is 35.8 Å². The van der Waals surface area contributed by atoms with Crippen molar-refractivity contribution in [3.8, 4) is 11.9 Å². The second-order valence-electron chi connectivity index (χ2n) is 10.7. The summed E-state index contributed by atoms with van der Waals surface area (Å²) in [5, 5.41) is 38.2. The molecule has 1 fully saturated rings. The van der Waals surface area contributed by atoms with Gasteiger partial charge in [0.15, 0.2) is 0 Å². The van der Waals surface area contributed by atoms with Gasteiger partial charge in [-0.15, -0.1) is 4.99 Å². The van der Waals surface area contributed by atoms with Crippen LogP contribution in [0.4, 0.5) is 5.69 Å². The van der Waals surface area contributed by atoms with Crippen molar-refractivity contribution in [2.75, 3.05) is 38.6 Å². The molecule has 0 atom stereocenters. The summed E-state index contributed by atoms with van der Waals surface area (Å²) in [6.07, 6.45) is 4.84. The fraction of sp³-hybridized carbons (Fsp3) is 0.375. The van der Waals surface area contributed by atoms with Gasteiger partial charge in [-0.1, -0.05) is 24.3 Å². The Morgan fingerprint density at radius 1 is 1.05 bits per heavy atom. The second kappa shape index (κ2) is 14.4. The third-order valence-corrected chi connectivity index (χ3v) is 7.96. The number of methoxy groups -OCH3 is 1. The monoisotopic (exact) mass is 586 g/mol. The predicted octanol–water partition coefficient (Wildman–Crippen LogP) is 4.21. The highest BCUT2D eigenvalue weighted by molar-refractivity contribution is 5.99. The number of piperidine rings is 1. The first kappa shape index (κ1) is 31.1. The first-order chi connectivity index (χ1) is 20.7. The molecule has 0 saturated carbocycles. The summed E-state index contributed by atoms with van der Waals surface area (Å²) in [4.78, 5) is 30.6. The summed E-state index contributed by atoms with van der Waals surface area (Å²) in [5.41, 5.74) is 3.07. The summed E-state index contributed by atoms with van der Waals surface area (Å²) < 4.78 is 5.37. The number of nitrogens with one attached hydrogen (secondary N) is 3. The van der Waals surface area contributed by atoms with Crippen molar-refractivity contribution in [3.63, 3.8) is 0 Å². The number of hydrogen-bond acceptors (Lipinski definition) is 7. The Kier molecular flexibility index (Phi) is 10.4. The summed E-state index contributed by atoms with van der Waals surface area (Å²) in [7, 11) is 1.69. The number of likely N-dealkylation sites (tertiary alicyclic amines) is 1. The minimum atomic E-state index is -1.20. The van der Waals surface area contributed by atoms with E-state index in [1.54, 1.807) is 51.4 Å². The Labute approximate surface area is 251 Å². The molecule has 2 aliphatic heterocycles. The van der Waals surface area contributed by atoms with E-state index >= 15 is 0 Å². The van der Waals surface area contributed by atoms with E-state index in [9.17, 15) is 25.1 Å². The Hall–Kier alpha value is -4.82. The molecule has 2 aromatic rings. The molecule has 11 nitrogen and oxygen atoms in total. The zero-order chi connectivity index (χ0) is 30.9. The lowest BCUT2D eigenvalue weighted by molar-refractivity contribution is -0.133. The molecule has 2 aromatic carbocycles. The van der Waals surface area contributed by atoms with E-state index in [4.69, 9.17) is 4.74 Å². The first-order valence-electron chi connectivity index (χ1n) is 14.3. The zero-order valence-electron chi connectivity index (χ0n) is 24.7. The van der Waals surface area contributed by atoms with Crippen LogP contribution in [0.15, 0.2) is 76.1 Å². The van der Waals surface area contributed by atoms with Gasteiger partial charge in [0.25, 0.3) is 0 Å². The number of hydrogen-bond donors (Lipinski definition) is 5. The molecule has 11 heteroatoms. The molecule has 43 heavy (non-hydrogen) atoms. The quantitative estimate of drug-likeness (QED) is 0.118. The number of nitrogens with zero attached hydrogens (tertiary/aromatic N) is 3. The van der Waals surface area contributed by atoms with Crippen molar-refractivity contribution in [2.45, 2.75) is 44.9 Å². The molecule has 0 spiro atoms. The van der Waals surface area contributed by atoms with Gasteiger partial charge in [-0.3, -0.25) is 0 Å². The number of rotatable bonds is 10. The third-order valence-electron chi connectivity index (χ3n) is 7.96. The maximum Gasteiger partial charge on any atom is 0.334 e. The number of carbonyl (C=O) groups is 2. The largest absolute Gasteiger partial charge is 0.497 e. The van der Waals surface area contributed by atoms with Crippen LogP contribution in [-0.4, -0.2) is 66.3 Å². The standard InChI is InChI=1S/C32H38N6O5/c1-20-27(30(39)40)29(28(31(41)42)21(2)36-20)24-8-4-9-25(17-24)37-32(35-19-33)34-13-6-14-38-15-11-22(12-16-38)23-7-5-10-26(18-23)43-3/h4-5,7-10,17-18,22,29,36H,6,11-16H2,1-3H3,(H,39,40)(H,41,42)(H2,34,35,37). The Morgan fingerprint density at radius 2 is 1.70 bits per heavy atom. The van der Waals surface area contributed by atoms with E-state index in [2.05, 4.69) is 38.0 Å². The van der Waals surface area contributed by atoms with Gasteiger partial charge in [-0.25, -0.2) is 9.59 Å². The molecule has 0 aromatic heterocycles. The highest BCUT2D eigenvalue weighted by Crippen LogP contribution is 2.39. The van der Waals surface area contributed by atoms with Crippen LogP contribution >= 0.6 is 0 Å². The number of aliphatic imine (C=N–C) groups is 1. The highest BCUT2D eigenvalue weighted by Gasteiger charge is 2.36. The summed E-state index contributed by atoms with van der Waals surface area (Å²) in [5.74, 6) is -1.69. The summed E-state index contributed by atoms with van der Waals surface area (Å²) in [6.45, 7) is 6.77. The van der Waals surface area contributed by atoms with Crippen LogP contribution in [0, 0.1) is 11.5 Å². The molecular formula is C32H38N6O5. The number of ether oxygens (including phenoxy) is 1. The number of anilines is 1. The number of guanidine groups is 1. The van der Waals surface area contributed by atoms with Crippen LogP contribution in [0.25, 0.3) is 0 Å². The van der Waals surface area contributed by atoms with E-state index < -0.39 is 17.9 Å². The van der Waals surface area contributed by atoms with E-state index in [1.165, 1.54) is 5.56 Å². The van der Waals surface area contributed by atoms with Crippen LogP contribution < -0.4 is 20.7 Å². The average molecular weight is 587 g/mol. The third kappa shape index (κ3) is 7.72. The van der Waals surface area contributed by atoms with Gasteiger partial charge in [0.05, 0.1) is 24.2 Å². The lowest BCUT2D eigenvalue weighted by Gasteiger charge is -2.32. The van der Waals surface area contributed by atoms with Gasteiger partial charge in [0, 0.05) is 23.6 Å². The fourth-order valence-corrected chi connectivity index (χ4v) is 5.88. The molecule has 2 heterocycles. The van der Waals surface area contributed by atoms with Crippen molar-refractivity contribution in [3.05, 3.63) is 82.2 Å². The van der Waals surface area contributed by atoms with E-state index in [0.717, 1.165) is 44.6 Å². The van der Waals surface area contributed by atoms with E-state index in [1.807, 2.05) is 12.1 Å². The van der Waals surface area contributed by atoms with Crippen LogP contribution in [0.3, 0.4) is 0 Å². The molecule has 2 aliphatic rings. The predicted molar refractivity (Wildman–Crippen MR) is 164 cm³/mol. The summed E-state index contributed by atoms with van der Waals surface area (Å²) >= 11 is 0. The molecule has 4 rings (SSSR count). The van der Waals surface area contributed by atoms with Gasteiger partial charge in [0.1, 0.15) is 5.75 Å². The molecule has 1 saturated heterocycles. The topological polar surface area (TPSA) is 159 Å². The number of allylic oxidation sites excluding steroid dienone is 2. The number of aliphatic carboxylic acids is 2. The van der Waals surface area contributed by atoms with Crippen LogP contribution in [0.5, 0.6) is 5.75 Å². The summed E-state index contributed by atoms with van der Waals surface area (Å²) in [6, 6.07) is 15.1. The number of carboxylic acid groups (broad SMARTS) is 2. The fourth-order valence-electron chi connectivity index (χ4n) is 5.88. The average Bonchev–Trinajstić information content (AvgIpc) is 2.99. The molecule has 0 aliphatic carbocycles. The lowest BCUT2D eigenvalue weighted by Crippen LogP contribution is -2.36. The van der Waals surface area contributed by atoms with Crippen LogP contribution in [0.1, 0.15) is 56.1 Å². The number of benzene rings is 2. The lowest BCUT2D eigenvalue weighted by atomic mass is 9.80.